The topological polar surface area (TPSA) is 49.3 Å². The highest BCUT2D eigenvalue weighted by atomic mass is 19.1. The first kappa shape index (κ1) is 13.8. The van der Waals surface area contributed by atoms with Gasteiger partial charge in [-0.3, -0.25) is 4.79 Å². The number of hydrogen-bond donors (Lipinski definition) is 2. The number of hydrogen-bond acceptors (Lipinski definition) is 2. The minimum Gasteiger partial charge on any atom is -0.505 e. The van der Waals surface area contributed by atoms with Crippen molar-refractivity contribution in [3.63, 3.8) is 0 Å². The van der Waals surface area contributed by atoms with Gasteiger partial charge in [0.2, 0.25) is 5.91 Å². The Morgan fingerprint density at radius 1 is 1.25 bits per heavy atom. The van der Waals surface area contributed by atoms with Crippen LogP contribution in [0.5, 0.6) is 5.75 Å². The van der Waals surface area contributed by atoms with Gasteiger partial charge in [-0.25, -0.2) is 4.39 Å². The lowest BCUT2D eigenvalue weighted by molar-refractivity contribution is -0.111. The van der Waals surface area contributed by atoms with Gasteiger partial charge >= 0.3 is 0 Å². The number of halogens is 1. The number of carbonyl (C=O) groups is 1. The Labute approximate surface area is 116 Å². The molecule has 2 rings (SSSR count). The standard InChI is InChI=1S/C16H14FNO2/c1-11-3-2-4-13(9-11)18-16(20)8-6-12-5-7-14(17)15(19)10-12/h2-10,19H,1H3,(H,18,20)/b8-6+. The van der Waals surface area contributed by atoms with E-state index in [0.717, 1.165) is 11.6 Å². The predicted octanol–water partition coefficient (Wildman–Crippen LogP) is 3.49. The van der Waals surface area contributed by atoms with Crippen LogP contribution in [0.15, 0.2) is 48.5 Å². The molecule has 2 aromatic carbocycles. The first-order valence-corrected chi connectivity index (χ1v) is 6.09. The molecule has 1 amide bonds. The van der Waals surface area contributed by atoms with E-state index in [1.165, 1.54) is 24.3 Å². The van der Waals surface area contributed by atoms with Gasteiger partial charge in [0, 0.05) is 11.8 Å². The van der Waals surface area contributed by atoms with Crippen molar-refractivity contribution in [2.45, 2.75) is 6.92 Å². The molecule has 0 fully saturated rings. The molecule has 2 N–H and O–H groups in total. The van der Waals surface area contributed by atoms with Crippen LogP contribution in [-0.2, 0) is 4.79 Å². The van der Waals surface area contributed by atoms with Gasteiger partial charge in [-0.05, 0) is 48.4 Å². The Morgan fingerprint density at radius 2 is 2.05 bits per heavy atom. The van der Waals surface area contributed by atoms with E-state index in [-0.39, 0.29) is 5.91 Å². The maximum Gasteiger partial charge on any atom is 0.248 e. The summed E-state index contributed by atoms with van der Waals surface area (Å²) in [5.74, 6) is -1.42. The molecule has 0 unspecified atom stereocenters. The number of rotatable bonds is 3. The average Bonchev–Trinajstić information content (AvgIpc) is 2.40. The number of phenolic OH excluding ortho intramolecular Hbond substituents is 1. The van der Waals surface area contributed by atoms with E-state index in [9.17, 15) is 14.3 Å². The maximum atomic E-state index is 12.9. The summed E-state index contributed by atoms with van der Waals surface area (Å²) in [6.45, 7) is 1.94. The van der Waals surface area contributed by atoms with Crippen molar-refractivity contribution in [3.8, 4) is 5.75 Å². The van der Waals surface area contributed by atoms with Gasteiger partial charge in [-0.15, -0.1) is 0 Å². The fraction of sp³-hybridized carbons (Fsp3) is 0.0625. The molecule has 0 saturated heterocycles. The van der Waals surface area contributed by atoms with Gasteiger partial charge < -0.3 is 10.4 Å². The monoisotopic (exact) mass is 271 g/mol. The first-order valence-electron chi connectivity index (χ1n) is 6.09. The maximum absolute atomic E-state index is 12.9. The van der Waals surface area contributed by atoms with Crippen LogP contribution in [0.4, 0.5) is 10.1 Å². The molecule has 0 aliphatic carbocycles. The number of carbonyl (C=O) groups excluding carboxylic acids is 1. The van der Waals surface area contributed by atoms with E-state index in [1.54, 1.807) is 6.07 Å². The molecular formula is C16H14FNO2. The number of benzene rings is 2. The van der Waals surface area contributed by atoms with Crippen LogP contribution in [0.25, 0.3) is 6.08 Å². The second kappa shape index (κ2) is 6.02. The van der Waals surface area contributed by atoms with Gasteiger partial charge in [0.1, 0.15) is 0 Å². The van der Waals surface area contributed by atoms with Crippen molar-refractivity contribution in [2.75, 3.05) is 5.32 Å². The highest BCUT2D eigenvalue weighted by Gasteiger charge is 2.01. The van der Waals surface area contributed by atoms with Gasteiger partial charge in [0.05, 0.1) is 0 Å². The third kappa shape index (κ3) is 3.68. The third-order valence-corrected chi connectivity index (χ3v) is 2.68. The second-order valence-corrected chi connectivity index (χ2v) is 4.40. The Bertz CT molecular complexity index is 665. The minimum atomic E-state index is -0.689. The molecule has 20 heavy (non-hydrogen) atoms. The van der Waals surface area contributed by atoms with Crippen LogP contribution >= 0.6 is 0 Å². The fourth-order valence-electron chi connectivity index (χ4n) is 1.71. The molecule has 0 aliphatic heterocycles. The van der Waals surface area contributed by atoms with Crippen LogP contribution in [0.3, 0.4) is 0 Å². The number of anilines is 1. The zero-order chi connectivity index (χ0) is 14.5. The molecule has 0 saturated carbocycles. The average molecular weight is 271 g/mol. The van der Waals surface area contributed by atoms with Gasteiger partial charge in [0.25, 0.3) is 0 Å². The fourth-order valence-corrected chi connectivity index (χ4v) is 1.71. The van der Waals surface area contributed by atoms with Gasteiger partial charge in [0.15, 0.2) is 11.6 Å². The molecule has 0 bridgehead atoms. The molecule has 0 spiro atoms. The van der Waals surface area contributed by atoms with Crippen molar-refractivity contribution in [1.82, 2.24) is 0 Å². The van der Waals surface area contributed by atoms with Crippen molar-refractivity contribution in [1.29, 1.82) is 0 Å². The minimum absolute atomic E-state index is 0.292. The summed E-state index contributed by atoms with van der Waals surface area (Å²) in [6, 6.07) is 11.3. The highest BCUT2D eigenvalue weighted by molar-refractivity contribution is 6.01. The van der Waals surface area contributed by atoms with Crippen LogP contribution < -0.4 is 5.32 Å². The zero-order valence-corrected chi connectivity index (χ0v) is 10.9. The van der Waals surface area contributed by atoms with E-state index in [4.69, 9.17) is 0 Å². The lowest BCUT2D eigenvalue weighted by atomic mass is 10.2. The second-order valence-electron chi connectivity index (χ2n) is 4.40. The Kier molecular flexibility index (Phi) is 4.15. The molecule has 0 aliphatic rings. The van der Waals surface area contributed by atoms with Gasteiger partial charge in [-0.2, -0.15) is 0 Å². The van der Waals surface area contributed by atoms with E-state index < -0.39 is 11.6 Å². The van der Waals surface area contributed by atoms with E-state index in [2.05, 4.69) is 5.32 Å². The van der Waals surface area contributed by atoms with Crippen molar-refractivity contribution < 1.29 is 14.3 Å². The molecule has 0 heterocycles. The molecule has 0 radical (unpaired) electrons. The van der Waals surface area contributed by atoms with Crippen LogP contribution in [0, 0.1) is 12.7 Å². The van der Waals surface area contributed by atoms with E-state index in [1.807, 2.05) is 25.1 Å². The number of aromatic hydroxyl groups is 1. The number of phenols is 1. The lowest BCUT2D eigenvalue weighted by Crippen LogP contribution is -2.07. The Morgan fingerprint density at radius 3 is 2.75 bits per heavy atom. The number of amides is 1. The summed E-state index contributed by atoms with van der Waals surface area (Å²) >= 11 is 0. The summed E-state index contributed by atoms with van der Waals surface area (Å²) in [7, 11) is 0. The smallest absolute Gasteiger partial charge is 0.248 e. The molecule has 2 aromatic rings. The molecule has 102 valence electrons. The quantitative estimate of drug-likeness (QED) is 0.839. The summed E-state index contributed by atoms with van der Waals surface area (Å²) in [5, 5.41) is 11.9. The van der Waals surface area contributed by atoms with Crippen molar-refractivity contribution in [3.05, 3.63) is 65.5 Å². The zero-order valence-electron chi connectivity index (χ0n) is 10.9. The Balaban J connectivity index is 2.03. The summed E-state index contributed by atoms with van der Waals surface area (Å²) in [4.78, 5) is 11.7. The normalized spacial score (nSPS) is 10.7. The summed E-state index contributed by atoms with van der Waals surface area (Å²) in [6.07, 6.45) is 2.83. The predicted molar refractivity (Wildman–Crippen MR) is 76.9 cm³/mol. The lowest BCUT2D eigenvalue weighted by Gasteiger charge is -2.02. The molecule has 0 atom stereocenters. The first-order chi connectivity index (χ1) is 9.54. The Hall–Kier alpha value is -2.62. The molecule has 0 aromatic heterocycles. The highest BCUT2D eigenvalue weighted by Crippen LogP contribution is 2.17. The number of aryl methyl sites for hydroxylation is 1. The van der Waals surface area contributed by atoms with Crippen LogP contribution in [-0.4, -0.2) is 11.0 Å². The molecular weight excluding hydrogens is 257 g/mol. The SMILES string of the molecule is Cc1cccc(NC(=O)/C=C/c2ccc(F)c(O)c2)c1. The van der Waals surface area contributed by atoms with Crippen LogP contribution in [0.1, 0.15) is 11.1 Å². The largest absolute Gasteiger partial charge is 0.505 e. The number of nitrogens with one attached hydrogen (secondary N) is 1. The van der Waals surface area contributed by atoms with Crippen molar-refractivity contribution in [2.24, 2.45) is 0 Å². The molecule has 3 nitrogen and oxygen atoms in total. The van der Waals surface area contributed by atoms with Gasteiger partial charge in [-0.1, -0.05) is 18.2 Å². The summed E-state index contributed by atoms with van der Waals surface area (Å²) in [5.41, 5.74) is 2.31. The third-order valence-electron chi connectivity index (χ3n) is 2.68. The van der Waals surface area contributed by atoms with Crippen molar-refractivity contribution >= 4 is 17.7 Å². The molecule has 4 heteroatoms. The van der Waals surface area contributed by atoms with E-state index >= 15 is 0 Å². The van der Waals surface area contributed by atoms with Crippen LogP contribution in [0.2, 0.25) is 0 Å². The van der Waals surface area contributed by atoms with E-state index in [0.29, 0.717) is 11.3 Å². The summed E-state index contributed by atoms with van der Waals surface area (Å²) < 4.78 is 12.9.